The van der Waals surface area contributed by atoms with E-state index in [9.17, 15) is 4.79 Å². The number of aromatic nitrogens is 1. The summed E-state index contributed by atoms with van der Waals surface area (Å²) in [4.78, 5) is 11.9. The predicted octanol–water partition coefficient (Wildman–Crippen LogP) is 0.260. The first-order chi connectivity index (χ1) is 8.70. The van der Waals surface area contributed by atoms with Crippen molar-refractivity contribution in [1.82, 2.24) is 9.99 Å². The lowest BCUT2D eigenvalue weighted by atomic mass is 10.1. The Morgan fingerprint density at radius 2 is 2.22 bits per heavy atom. The maximum atomic E-state index is 11.9. The third-order valence-corrected chi connectivity index (χ3v) is 3.02. The molecule has 2 heterocycles. The van der Waals surface area contributed by atoms with Gasteiger partial charge in [0.15, 0.2) is 0 Å². The minimum absolute atomic E-state index is 0.243. The van der Waals surface area contributed by atoms with E-state index in [0.29, 0.717) is 24.3 Å². The largest absolute Gasteiger partial charge is 0.399 e. The highest BCUT2D eigenvalue weighted by atomic mass is 16.2. The van der Waals surface area contributed by atoms with Gasteiger partial charge in [0.25, 0.3) is 5.91 Å². The summed E-state index contributed by atoms with van der Waals surface area (Å²) in [6.07, 6.45) is 3.57. The number of carbonyl (C=O) groups is 1. The Labute approximate surface area is 103 Å². The number of carbonyl (C=O) groups excluding carboxylic acids is 1. The van der Waals surface area contributed by atoms with Gasteiger partial charge in [-0.05, 0) is 12.1 Å². The van der Waals surface area contributed by atoms with Crippen LogP contribution < -0.4 is 16.9 Å². The van der Waals surface area contributed by atoms with Crippen LogP contribution in [-0.4, -0.2) is 23.2 Å². The van der Waals surface area contributed by atoms with Crippen LogP contribution in [0.1, 0.15) is 15.9 Å². The van der Waals surface area contributed by atoms with E-state index >= 15 is 0 Å². The van der Waals surface area contributed by atoms with Crippen LogP contribution in [0.2, 0.25) is 0 Å². The van der Waals surface area contributed by atoms with Crippen LogP contribution in [-0.2, 0) is 6.54 Å². The number of nitrogens with two attached hydrogens (primary N) is 2. The average molecular weight is 243 g/mol. The van der Waals surface area contributed by atoms with E-state index in [1.165, 1.54) is 0 Å². The van der Waals surface area contributed by atoms with Crippen LogP contribution in [0.25, 0.3) is 10.9 Å². The Hall–Kier alpha value is -2.34. The van der Waals surface area contributed by atoms with Crippen LogP contribution >= 0.6 is 0 Å². The number of nitrogens with zero attached hydrogens (tertiary/aromatic N) is 2. The van der Waals surface area contributed by atoms with E-state index in [4.69, 9.17) is 11.5 Å². The van der Waals surface area contributed by atoms with E-state index in [-0.39, 0.29) is 5.91 Å². The Kier molecular flexibility index (Phi) is 2.31. The van der Waals surface area contributed by atoms with Crippen molar-refractivity contribution in [1.29, 1.82) is 0 Å². The number of rotatable bonds is 2. The van der Waals surface area contributed by atoms with Crippen LogP contribution in [0.4, 0.5) is 5.69 Å². The van der Waals surface area contributed by atoms with E-state index < -0.39 is 0 Å². The normalized spacial score (nSPS) is 13.7. The van der Waals surface area contributed by atoms with Crippen molar-refractivity contribution < 1.29 is 4.79 Å². The highest BCUT2D eigenvalue weighted by molar-refractivity contribution is 6.15. The Bertz CT molecular complexity index is 671. The summed E-state index contributed by atoms with van der Waals surface area (Å²) in [6.45, 7) is 1.20. The van der Waals surface area contributed by atoms with Crippen molar-refractivity contribution in [2.24, 2.45) is 10.8 Å². The molecule has 5 N–H and O–H groups in total. The van der Waals surface area contributed by atoms with Gasteiger partial charge in [-0.25, -0.2) is 5.43 Å². The van der Waals surface area contributed by atoms with Gasteiger partial charge in [-0.2, -0.15) is 5.10 Å². The summed E-state index contributed by atoms with van der Waals surface area (Å²) < 4.78 is 2.00. The van der Waals surface area contributed by atoms with Crippen molar-refractivity contribution in [2.45, 2.75) is 6.54 Å². The monoisotopic (exact) mass is 243 g/mol. The first-order valence-corrected chi connectivity index (χ1v) is 5.66. The van der Waals surface area contributed by atoms with Gasteiger partial charge in [-0.3, -0.25) is 4.79 Å². The molecule has 0 saturated carbocycles. The first-order valence-electron chi connectivity index (χ1n) is 5.66. The molecule has 0 bridgehead atoms. The first kappa shape index (κ1) is 10.8. The van der Waals surface area contributed by atoms with Gasteiger partial charge < -0.3 is 16.0 Å². The highest BCUT2D eigenvalue weighted by Gasteiger charge is 2.19. The van der Waals surface area contributed by atoms with E-state index in [1.54, 1.807) is 12.3 Å². The van der Waals surface area contributed by atoms with Crippen LogP contribution in [0, 0.1) is 0 Å². The molecule has 0 fully saturated rings. The average Bonchev–Trinajstić information content (AvgIpc) is 2.58. The standard InChI is InChI=1S/C12H13N5O/c13-1-2-17-6-7-5-15-16-12(18)9-3-8(14)4-10(17)11(7)9/h3-6H,1-2,13-14H2,(H,16,18). The highest BCUT2D eigenvalue weighted by Crippen LogP contribution is 2.28. The molecule has 1 aliphatic heterocycles. The molecule has 0 spiro atoms. The molecular weight excluding hydrogens is 230 g/mol. The summed E-state index contributed by atoms with van der Waals surface area (Å²) in [5.74, 6) is -0.243. The Balaban J connectivity index is 2.39. The lowest BCUT2D eigenvalue weighted by molar-refractivity contribution is 0.0957. The molecule has 0 unspecified atom stereocenters. The molecule has 3 rings (SSSR count). The molecule has 0 aliphatic carbocycles. The van der Waals surface area contributed by atoms with E-state index in [2.05, 4.69) is 10.5 Å². The number of benzene rings is 1. The zero-order chi connectivity index (χ0) is 12.7. The molecule has 1 amide bonds. The number of hydrazone groups is 1. The van der Waals surface area contributed by atoms with Crippen molar-refractivity contribution in [2.75, 3.05) is 12.3 Å². The van der Waals surface area contributed by atoms with Crippen LogP contribution in [0.15, 0.2) is 23.4 Å². The molecule has 1 aliphatic rings. The van der Waals surface area contributed by atoms with Gasteiger partial charge in [0, 0.05) is 35.9 Å². The number of hydrogen-bond donors (Lipinski definition) is 3. The molecule has 1 aromatic heterocycles. The van der Waals surface area contributed by atoms with Crippen molar-refractivity contribution in [3.63, 3.8) is 0 Å². The van der Waals surface area contributed by atoms with Crippen molar-refractivity contribution in [3.05, 3.63) is 29.5 Å². The van der Waals surface area contributed by atoms with E-state index in [0.717, 1.165) is 16.5 Å². The Morgan fingerprint density at radius 3 is 3.00 bits per heavy atom. The molecular formula is C12H13N5O. The van der Waals surface area contributed by atoms with Crippen molar-refractivity contribution in [3.8, 4) is 0 Å². The number of anilines is 1. The van der Waals surface area contributed by atoms with Gasteiger partial charge in [0.1, 0.15) is 0 Å². The lowest BCUT2D eigenvalue weighted by Crippen LogP contribution is -2.17. The molecule has 0 radical (unpaired) electrons. The zero-order valence-electron chi connectivity index (χ0n) is 9.68. The second-order valence-electron chi connectivity index (χ2n) is 4.23. The quantitative estimate of drug-likeness (QED) is 0.660. The fraction of sp³-hybridized carbons (Fsp3) is 0.167. The molecule has 0 saturated heterocycles. The van der Waals surface area contributed by atoms with Gasteiger partial charge in [0.05, 0.1) is 17.3 Å². The SMILES string of the molecule is NCCn1cc2c3c(cc(N)cc31)C(=O)NN=C2. The number of nitrogen functional groups attached to an aromatic ring is 1. The number of nitrogens with one attached hydrogen (secondary N) is 1. The van der Waals surface area contributed by atoms with E-state index in [1.807, 2.05) is 16.8 Å². The van der Waals surface area contributed by atoms with Gasteiger partial charge in [-0.1, -0.05) is 0 Å². The van der Waals surface area contributed by atoms with Crippen molar-refractivity contribution >= 4 is 28.7 Å². The zero-order valence-corrected chi connectivity index (χ0v) is 9.68. The fourth-order valence-electron chi connectivity index (χ4n) is 2.30. The molecule has 92 valence electrons. The smallest absolute Gasteiger partial charge is 0.272 e. The van der Waals surface area contributed by atoms with Crippen LogP contribution in [0.3, 0.4) is 0 Å². The minimum atomic E-state index is -0.243. The van der Waals surface area contributed by atoms with Gasteiger partial charge in [0.2, 0.25) is 0 Å². The second-order valence-corrected chi connectivity index (χ2v) is 4.23. The minimum Gasteiger partial charge on any atom is -0.399 e. The predicted molar refractivity (Wildman–Crippen MR) is 70.5 cm³/mol. The Morgan fingerprint density at radius 1 is 1.39 bits per heavy atom. The maximum absolute atomic E-state index is 11.9. The number of hydrogen-bond acceptors (Lipinski definition) is 4. The molecule has 18 heavy (non-hydrogen) atoms. The second kappa shape index (κ2) is 3.85. The summed E-state index contributed by atoms with van der Waals surface area (Å²) in [6, 6.07) is 3.52. The van der Waals surface area contributed by atoms with Crippen LogP contribution in [0.5, 0.6) is 0 Å². The maximum Gasteiger partial charge on any atom is 0.272 e. The number of amides is 1. The summed E-state index contributed by atoms with van der Waals surface area (Å²) in [5.41, 5.74) is 16.8. The molecule has 0 atom stereocenters. The molecule has 6 nitrogen and oxygen atoms in total. The topological polar surface area (TPSA) is 98.4 Å². The third kappa shape index (κ3) is 1.46. The molecule has 2 aromatic rings. The summed E-state index contributed by atoms with van der Waals surface area (Å²) >= 11 is 0. The molecule has 1 aromatic carbocycles. The lowest BCUT2D eigenvalue weighted by Gasteiger charge is -2.06. The summed E-state index contributed by atoms with van der Waals surface area (Å²) in [5, 5.41) is 4.76. The summed E-state index contributed by atoms with van der Waals surface area (Å²) in [7, 11) is 0. The van der Waals surface area contributed by atoms with Gasteiger partial charge in [-0.15, -0.1) is 0 Å². The van der Waals surface area contributed by atoms with Gasteiger partial charge >= 0.3 is 0 Å². The third-order valence-electron chi connectivity index (χ3n) is 3.02. The molecule has 6 heteroatoms. The fourth-order valence-corrected chi connectivity index (χ4v) is 2.30.